The molecule has 2 aromatic carbocycles. The van der Waals surface area contributed by atoms with Gasteiger partial charge in [0, 0.05) is 25.4 Å². The molecular formula is C23H26N2O2. The van der Waals surface area contributed by atoms with Gasteiger partial charge >= 0.3 is 5.97 Å². The Kier molecular flexibility index (Phi) is 6.80. The normalized spacial score (nSPS) is 10.9. The Bertz CT molecular complexity index is 788. The molecule has 0 amide bonds. The van der Waals surface area contributed by atoms with Crippen molar-refractivity contribution >= 4 is 5.97 Å². The van der Waals surface area contributed by atoms with E-state index in [0.29, 0.717) is 6.42 Å². The minimum absolute atomic E-state index is 0.147. The summed E-state index contributed by atoms with van der Waals surface area (Å²) in [5, 5.41) is 0. The van der Waals surface area contributed by atoms with Crippen LogP contribution in [0.5, 0.6) is 0 Å². The van der Waals surface area contributed by atoms with E-state index >= 15 is 0 Å². The van der Waals surface area contributed by atoms with Gasteiger partial charge in [-0.1, -0.05) is 67.1 Å². The molecule has 0 bridgehead atoms. The minimum atomic E-state index is -0.353. The Labute approximate surface area is 160 Å². The summed E-state index contributed by atoms with van der Waals surface area (Å²) in [5.41, 5.74) is 1.99. The molecular weight excluding hydrogens is 336 g/mol. The fraction of sp³-hybridized carbons (Fsp3) is 0.304. The lowest BCUT2D eigenvalue weighted by Crippen LogP contribution is -2.12. The van der Waals surface area contributed by atoms with Gasteiger partial charge in [0.05, 0.1) is 0 Å². The molecule has 1 aromatic heterocycles. The van der Waals surface area contributed by atoms with Crippen molar-refractivity contribution in [1.82, 2.24) is 9.55 Å². The zero-order chi connectivity index (χ0) is 18.9. The quantitative estimate of drug-likeness (QED) is 0.394. The molecule has 4 heteroatoms. The lowest BCUT2D eigenvalue weighted by atomic mass is 10.0. The van der Waals surface area contributed by atoms with Crippen LogP contribution < -0.4 is 0 Å². The lowest BCUT2D eigenvalue weighted by molar-refractivity contribution is -0.147. The highest BCUT2D eigenvalue weighted by atomic mass is 16.5. The van der Waals surface area contributed by atoms with Crippen molar-refractivity contribution in [3.8, 4) is 0 Å². The van der Waals surface area contributed by atoms with Crippen LogP contribution in [0.2, 0.25) is 0 Å². The van der Waals surface area contributed by atoms with Crippen LogP contribution in [0.1, 0.15) is 48.7 Å². The third kappa shape index (κ3) is 5.55. The topological polar surface area (TPSA) is 44.1 Å². The average Bonchev–Trinajstić information content (AvgIpc) is 3.12. The fourth-order valence-corrected chi connectivity index (χ4v) is 3.14. The summed E-state index contributed by atoms with van der Waals surface area (Å²) >= 11 is 0. The van der Waals surface area contributed by atoms with Gasteiger partial charge in [-0.25, -0.2) is 4.98 Å². The van der Waals surface area contributed by atoms with Gasteiger partial charge in [-0.15, -0.1) is 0 Å². The number of benzene rings is 2. The molecule has 0 aliphatic carbocycles. The average molecular weight is 362 g/mol. The lowest BCUT2D eigenvalue weighted by Gasteiger charge is -2.19. The largest absolute Gasteiger partial charge is 0.453 e. The number of hydrogen-bond acceptors (Lipinski definition) is 3. The number of rotatable bonds is 9. The molecule has 1 heterocycles. The summed E-state index contributed by atoms with van der Waals surface area (Å²) in [4.78, 5) is 16.6. The number of aryl methyl sites for hydroxylation is 2. The number of imidazole rings is 1. The predicted octanol–water partition coefficient (Wildman–Crippen LogP) is 5.08. The standard InChI is InChI=1S/C23H26N2O2/c1-19-24-16-18-25(19)17-10-4-9-15-22(26)27-23(20-11-5-2-6-12-20)21-13-7-3-8-14-21/h2-3,5-8,11-14,16,18,23H,4,9-10,15,17H2,1H3. The first-order chi connectivity index (χ1) is 13.2. The van der Waals surface area contributed by atoms with Crippen molar-refractivity contribution in [2.45, 2.75) is 45.3 Å². The zero-order valence-corrected chi connectivity index (χ0v) is 15.8. The zero-order valence-electron chi connectivity index (χ0n) is 15.8. The number of nitrogens with zero attached hydrogens (tertiary/aromatic N) is 2. The van der Waals surface area contributed by atoms with Crippen molar-refractivity contribution < 1.29 is 9.53 Å². The molecule has 4 nitrogen and oxygen atoms in total. The fourth-order valence-electron chi connectivity index (χ4n) is 3.14. The second-order valence-electron chi connectivity index (χ2n) is 6.67. The van der Waals surface area contributed by atoms with E-state index in [2.05, 4.69) is 9.55 Å². The van der Waals surface area contributed by atoms with Gasteiger partial charge in [-0.05, 0) is 30.9 Å². The summed E-state index contributed by atoms with van der Waals surface area (Å²) < 4.78 is 7.98. The van der Waals surface area contributed by atoms with Gasteiger partial charge in [-0.3, -0.25) is 4.79 Å². The van der Waals surface area contributed by atoms with E-state index in [4.69, 9.17) is 4.74 Å². The van der Waals surface area contributed by atoms with Gasteiger partial charge in [0.1, 0.15) is 5.82 Å². The van der Waals surface area contributed by atoms with Crippen LogP contribution in [0, 0.1) is 6.92 Å². The number of carbonyl (C=O) groups is 1. The molecule has 0 atom stereocenters. The molecule has 0 spiro atoms. The van der Waals surface area contributed by atoms with Crippen LogP contribution in [-0.2, 0) is 16.1 Å². The van der Waals surface area contributed by atoms with Crippen molar-refractivity contribution in [2.75, 3.05) is 0 Å². The third-order valence-electron chi connectivity index (χ3n) is 4.66. The molecule has 0 fully saturated rings. The first kappa shape index (κ1) is 18.9. The van der Waals surface area contributed by atoms with Crippen molar-refractivity contribution in [1.29, 1.82) is 0 Å². The summed E-state index contributed by atoms with van der Waals surface area (Å²) in [5.74, 6) is 0.884. The monoisotopic (exact) mass is 362 g/mol. The second-order valence-corrected chi connectivity index (χ2v) is 6.67. The molecule has 0 unspecified atom stereocenters. The van der Waals surface area contributed by atoms with E-state index < -0.39 is 0 Å². The Balaban J connectivity index is 1.50. The third-order valence-corrected chi connectivity index (χ3v) is 4.66. The van der Waals surface area contributed by atoms with Crippen LogP contribution in [0.15, 0.2) is 73.1 Å². The van der Waals surface area contributed by atoms with E-state index in [-0.39, 0.29) is 12.1 Å². The van der Waals surface area contributed by atoms with Gasteiger partial charge in [-0.2, -0.15) is 0 Å². The van der Waals surface area contributed by atoms with Gasteiger partial charge < -0.3 is 9.30 Å². The van der Waals surface area contributed by atoms with Gasteiger partial charge in [0.2, 0.25) is 0 Å². The molecule has 27 heavy (non-hydrogen) atoms. The number of ether oxygens (including phenoxy) is 1. The molecule has 3 aromatic rings. The number of unbranched alkanes of at least 4 members (excludes halogenated alkanes) is 2. The van der Waals surface area contributed by atoms with E-state index in [0.717, 1.165) is 42.8 Å². The molecule has 0 saturated heterocycles. The highest BCUT2D eigenvalue weighted by molar-refractivity contribution is 5.70. The SMILES string of the molecule is Cc1nccn1CCCCCC(=O)OC(c1ccccc1)c1ccccc1. The Morgan fingerprint density at radius 1 is 0.963 bits per heavy atom. The second kappa shape index (κ2) is 9.72. The van der Waals surface area contributed by atoms with Crippen molar-refractivity contribution in [3.63, 3.8) is 0 Å². The smallest absolute Gasteiger partial charge is 0.306 e. The molecule has 0 saturated carbocycles. The van der Waals surface area contributed by atoms with Crippen molar-refractivity contribution in [2.24, 2.45) is 0 Å². The Hall–Kier alpha value is -2.88. The molecule has 0 aliphatic rings. The Morgan fingerprint density at radius 2 is 1.59 bits per heavy atom. The molecule has 0 radical (unpaired) electrons. The maximum absolute atomic E-state index is 12.4. The molecule has 0 N–H and O–H groups in total. The highest BCUT2D eigenvalue weighted by Crippen LogP contribution is 2.26. The summed E-state index contributed by atoms with van der Waals surface area (Å²) in [6.45, 7) is 2.95. The van der Waals surface area contributed by atoms with E-state index in [1.54, 1.807) is 0 Å². The summed E-state index contributed by atoms with van der Waals surface area (Å²) in [6, 6.07) is 19.8. The molecule has 0 aliphatic heterocycles. The number of carbonyl (C=O) groups excluding carboxylic acids is 1. The first-order valence-electron chi connectivity index (χ1n) is 9.51. The Morgan fingerprint density at radius 3 is 2.15 bits per heavy atom. The van der Waals surface area contributed by atoms with Gasteiger partial charge in [0.15, 0.2) is 6.10 Å². The van der Waals surface area contributed by atoms with E-state index in [1.165, 1.54) is 0 Å². The van der Waals surface area contributed by atoms with Crippen molar-refractivity contribution in [3.05, 3.63) is 90.0 Å². The predicted molar refractivity (Wildman–Crippen MR) is 106 cm³/mol. The van der Waals surface area contributed by atoms with Crippen LogP contribution in [0.4, 0.5) is 0 Å². The van der Waals surface area contributed by atoms with Gasteiger partial charge in [0.25, 0.3) is 0 Å². The van der Waals surface area contributed by atoms with Crippen LogP contribution in [0.25, 0.3) is 0 Å². The van der Waals surface area contributed by atoms with E-state index in [9.17, 15) is 4.79 Å². The highest BCUT2D eigenvalue weighted by Gasteiger charge is 2.18. The first-order valence-corrected chi connectivity index (χ1v) is 9.51. The molecule has 3 rings (SSSR count). The van der Waals surface area contributed by atoms with E-state index in [1.807, 2.05) is 80.0 Å². The number of aromatic nitrogens is 2. The number of esters is 1. The van der Waals surface area contributed by atoms with Crippen LogP contribution in [-0.4, -0.2) is 15.5 Å². The maximum atomic E-state index is 12.4. The summed E-state index contributed by atoms with van der Waals surface area (Å²) in [6.07, 6.45) is 6.77. The maximum Gasteiger partial charge on any atom is 0.306 e. The minimum Gasteiger partial charge on any atom is -0.453 e. The van der Waals surface area contributed by atoms with Crippen LogP contribution in [0.3, 0.4) is 0 Å². The molecule has 140 valence electrons. The summed E-state index contributed by atoms with van der Waals surface area (Å²) in [7, 11) is 0. The van der Waals surface area contributed by atoms with Crippen LogP contribution >= 0.6 is 0 Å². The number of hydrogen-bond donors (Lipinski definition) is 0.